The van der Waals surface area contributed by atoms with Crippen LogP contribution in [0.5, 0.6) is 0 Å². The van der Waals surface area contributed by atoms with Gasteiger partial charge in [-0.1, -0.05) is 30.3 Å². The number of fused-ring (bicyclic) bond motifs is 1. The Labute approximate surface area is 123 Å². The van der Waals surface area contributed by atoms with Gasteiger partial charge in [-0.25, -0.2) is 0 Å². The molecule has 6 atom stereocenters. The molecule has 1 aromatic carbocycles. The van der Waals surface area contributed by atoms with Crippen LogP contribution in [0.4, 0.5) is 0 Å². The molecule has 3 rings (SSSR count). The molecule has 116 valence electrons. The molecule has 6 nitrogen and oxygen atoms in total. The Morgan fingerprint density at radius 3 is 2.52 bits per heavy atom. The molecule has 2 aliphatic heterocycles. The molecule has 0 aliphatic carbocycles. The van der Waals surface area contributed by atoms with E-state index in [2.05, 4.69) is 0 Å². The number of aliphatic hydroxyl groups excluding tert-OH is 1. The largest absolute Gasteiger partial charge is 0.385 e. The summed E-state index contributed by atoms with van der Waals surface area (Å²) in [6.07, 6.45) is -3.39. The molecule has 2 saturated heterocycles. The highest BCUT2D eigenvalue weighted by molar-refractivity contribution is 5.16. The molecule has 0 radical (unpaired) electrons. The fourth-order valence-electron chi connectivity index (χ4n) is 2.81. The van der Waals surface area contributed by atoms with Crippen molar-refractivity contribution < 1.29 is 28.8 Å². The molecule has 0 unspecified atom stereocenters. The van der Waals surface area contributed by atoms with Gasteiger partial charge in [-0.2, -0.15) is 0 Å². The second-order valence-corrected chi connectivity index (χ2v) is 5.15. The molecule has 2 heterocycles. The third kappa shape index (κ3) is 2.83. The fourth-order valence-corrected chi connectivity index (χ4v) is 2.81. The van der Waals surface area contributed by atoms with Gasteiger partial charge in [0.15, 0.2) is 12.6 Å². The lowest BCUT2D eigenvalue weighted by Crippen LogP contribution is -2.62. The molecule has 0 saturated carbocycles. The monoisotopic (exact) mass is 296 g/mol. The first-order valence-corrected chi connectivity index (χ1v) is 6.95. The highest BCUT2D eigenvalue weighted by Crippen LogP contribution is 2.35. The van der Waals surface area contributed by atoms with E-state index in [4.69, 9.17) is 23.7 Å². The van der Waals surface area contributed by atoms with Crippen LogP contribution >= 0.6 is 0 Å². The molecular formula is C15H20O6. The molecular weight excluding hydrogens is 276 g/mol. The third-order valence-electron chi connectivity index (χ3n) is 3.88. The van der Waals surface area contributed by atoms with Crippen LogP contribution < -0.4 is 0 Å². The lowest BCUT2D eigenvalue weighted by Gasteiger charge is -2.47. The maximum Gasteiger partial charge on any atom is 0.186 e. The van der Waals surface area contributed by atoms with Gasteiger partial charge in [0.05, 0.1) is 6.61 Å². The number of methoxy groups -OCH3 is 2. The highest BCUT2D eigenvalue weighted by atomic mass is 16.8. The summed E-state index contributed by atoms with van der Waals surface area (Å²) in [5.41, 5.74) is 0.925. The van der Waals surface area contributed by atoms with E-state index in [-0.39, 0.29) is 6.10 Å². The topological polar surface area (TPSA) is 66.4 Å². The highest BCUT2D eigenvalue weighted by Gasteiger charge is 2.49. The van der Waals surface area contributed by atoms with Gasteiger partial charge in [0.2, 0.25) is 0 Å². The van der Waals surface area contributed by atoms with Crippen LogP contribution in [-0.4, -0.2) is 56.6 Å². The molecule has 2 aliphatic rings. The minimum Gasteiger partial charge on any atom is -0.385 e. The number of hydrogen-bond acceptors (Lipinski definition) is 6. The van der Waals surface area contributed by atoms with Gasteiger partial charge >= 0.3 is 0 Å². The first kappa shape index (κ1) is 14.9. The van der Waals surface area contributed by atoms with E-state index >= 15 is 0 Å². The molecule has 0 bridgehead atoms. The summed E-state index contributed by atoms with van der Waals surface area (Å²) in [6, 6.07) is 9.66. The Kier molecular flexibility index (Phi) is 4.54. The van der Waals surface area contributed by atoms with Crippen LogP contribution in [0.25, 0.3) is 0 Å². The maximum absolute atomic E-state index is 10.2. The number of hydrogen-bond donors (Lipinski definition) is 1. The molecule has 0 aromatic heterocycles. The Morgan fingerprint density at radius 1 is 1.10 bits per heavy atom. The number of ether oxygens (including phenoxy) is 5. The third-order valence-corrected chi connectivity index (χ3v) is 3.88. The van der Waals surface area contributed by atoms with Crippen molar-refractivity contribution in [2.45, 2.75) is 37.0 Å². The smallest absolute Gasteiger partial charge is 0.186 e. The summed E-state index contributed by atoms with van der Waals surface area (Å²) < 4.78 is 27.9. The quantitative estimate of drug-likeness (QED) is 0.892. The van der Waals surface area contributed by atoms with Gasteiger partial charge < -0.3 is 28.8 Å². The SMILES string of the molecule is CO[C@@H]1O[C@@H]2CO[C@H](c3ccccc3)O[C@@H]2[C@@H](OC)[C@@H]1O. The lowest BCUT2D eigenvalue weighted by molar-refractivity contribution is -0.360. The lowest BCUT2D eigenvalue weighted by atomic mass is 9.97. The minimum atomic E-state index is -0.907. The summed E-state index contributed by atoms with van der Waals surface area (Å²) in [7, 11) is 3.03. The van der Waals surface area contributed by atoms with Crippen LogP contribution in [0, 0.1) is 0 Å². The number of benzene rings is 1. The number of aliphatic hydroxyl groups is 1. The zero-order valence-corrected chi connectivity index (χ0v) is 12.0. The van der Waals surface area contributed by atoms with E-state index in [1.807, 2.05) is 30.3 Å². The van der Waals surface area contributed by atoms with Crippen molar-refractivity contribution in [1.29, 1.82) is 0 Å². The first-order valence-electron chi connectivity index (χ1n) is 6.95. The summed E-state index contributed by atoms with van der Waals surface area (Å²) in [4.78, 5) is 0. The Bertz CT molecular complexity index is 453. The molecule has 1 aromatic rings. The minimum absolute atomic E-state index is 0.330. The zero-order valence-electron chi connectivity index (χ0n) is 12.0. The van der Waals surface area contributed by atoms with Crippen molar-refractivity contribution in [1.82, 2.24) is 0 Å². The summed E-state index contributed by atoms with van der Waals surface area (Å²) in [6.45, 7) is 0.358. The maximum atomic E-state index is 10.2. The van der Waals surface area contributed by atoms with Crippen molar-refractivity contribution in [3.63, 3.8) is 0 Å². The Morgan fingerprint density at radius 2 is 1.86 bits per heavy atom. The second-order valence-electron chi connectivity index (χ2n) is 5.15. The van der Waals surface area contributed by atoms with Crippen molar-refractivity contribution in [3.8, 4) is 0 Å². The zero-order chi connectivity index (χ0) is 14.8. The summed E-state index contributed by atoms with van der Waals surface area (Å²) in [5, 5.41) is 10.2. The van der Waals surface area contributed by atoms with Gasteiger partial charge in [-0.15, -0.1) is 0 Å². The van der Waals surface area contributed by atoms with Crippen LogP contribution in [-0.2, 0) is 23.7 Å². The van der Waals surface area contributed by atoms with E-state index in [9.17, 15) is 5.11 Å². The molecule has 6 heteroatoms. The van der Waals surface area contributed by atoms with Gasteiger partial charge in [-0.3, -0.25) is 0 Å². The average molecular weight is 296 g/mol. The van der Waals surface area contributed by atoms with Crippen LogP contribution in [0.3, 0.4) is 0 Å². The van der Waals surface area contributed by atoms with E-state index in [1.54, 1.807) is 7.11 Å². The van der Waals surface area contributed by atoms with Crippen molar-refractivity contribution in [2.75, 3.05) is 20.8 Å². The van der Waals surface area contributed by atoms with Crippen LogP contribution in [0.2, 0.25) is 0 Å². The Hall–Kier alpha value is -1.02. The first-order chi connectivity index (χ1) is 10.2. The van der Waals surface area contributed by atoms with E-state index in [0.29, 0.717) is 6.61 Å². The molecule has 1 N–H and O–H groups in total. The van der Waals surface area contributed by atoms with Crippen LogP contribution in [0.1, 0.15) is 11.9 Å². The predicted octanol–water partition coefficient (Wildman–Crippen LogP) is 0.848. The van der Waals surface area contributed by atoms with Gasteiger partial charge in [0, 0.05) is 19.8 Å². The molecule has 0 amide bonds. The van der Waals surface area contributed by atoms with Crippen molar-refractivity contribution in [2.24, 2.45) is 0 Å². The molecule has 2 fully saturated rings. The summed E-state index contributed by atoms with van der Waals surface area (Å²) >= 11 is 0. The van der Waals surface area contributed by atoms with E-state index in [0.717, 1.165) is 5.56 Å². The number of rotatable bonds is 3. The Balaban J connectivity index is 1.77. The van der Waals surface area contributed by atoms with Crippen molar-refractivity contribution in [3.05, 3.63) is 35.9 Å². The van der Waals surface area contributed by atoms with Gasteiger partial charge in [-0.05, 0) is 0 Å². The van der Waals surface area contributed by atoms with E-state index < -0.39 is 30.9 Å². The average Bonchev–Trinajstić information content (AvgIpc) is 2.54. The predicted molar refractivity (Wildman–Crippen MR) is 72.5 cm³/mol. The standard InChI is InChI=1S/C15H20O6/c1-17-13-11(16)15(18-2)20-10-8-19-14(21-12(10)13)9-6-4-3-5-7-9/h3-7,10-16H,8H2,1-2H3/t10-,11+,12+,13+,14+,15-/m1/s1. The fraction of sp³-hybridized carbons (Fsp3) is 0.600. The summed E-state index contributed by atoms with van der Waals surface area (Å²) in [5.74, 6) is 0. The normalized spacial score (nSPS) is 39.8. The second kappa shape index (κ2) is 6.39. The van der Waals surface area contributed by atoms with Gasteiger partial charge in [0.25, 0.3) is 0 Å². The van der Waals surface area contributed by atoms with Gasteiger partial charge in [0.1, 0.15) is 24.4 Å². The van der Waals surface area contributed by atoms with Crippen LogP contribution in [0.15, 0.2) is 30.3 Å². The van der Waals surface area contributed by atoms with E-state index in [1.165, 1.54) is 7.11 Å². The molecule has 21 heavy (non-hydrogen) atoms. The van der Waals surface area contributed by atoms with Crippen molar-refractivity contribution >= 4 is 0 Å². The molecule has 0 spiro atoms.